The van der Waals surface area contributed by atoms with E-state index in [1.165, 1.54) is 55.6 Å². The molecule has 0 atom stereocenters. The van der Waals surface area contributed by atoms with Crippen LogP contribution in [0.4, 0.5) is 0 Å². The fourth-order valence-corrected chi connectivity index (χ4v) is 9.36. The Morgan fingerprint density at radius 2 is 0.492 bits per heavy atom. The van der Waals surface area contributed by atoms with Crippen LogP contribution in [0.15, 0.2) is 235 Å². The normalized spacial score (nSPS) is 11.3. The van der Waals surface area contributed by atoms with Crippen LogP contribution in [0.5, 0.6) is 0 Å². The van der Waals surface area contributed by atoms with Crippen LogP contribution in [0.2, 0.25) is 0 Å². The van der Waals surface area contributed by atoms with E-state index in [-0.39, 0.29) is 0 Å². The van der Waals surface area contributed by atoms with Gasteiger partial charge in [-0.15, -0.1) is 0 Å². The Hall–Kier alpha value is -8.00. The van der Waals surface area contributed by atoms with Gasteiger partial charge in [0.2, 0.25) is 0 Å². The Morgan fingerprint density at radius 3 is 0.810 bits per heavy atom. The summed E-state index contributed by atoms with van der Waals surface area (Å²) in [6.45, 7) is 4.40. The van der Waals surface area contributed by atoms with Crippen molar-refractivity contribution in [2.75, 3.05) is 0 Å². The lowest BCUT2D eigenvalue weighted by molar-refractivity contribution is 0.671. The summed E-state index contributed by atoms with van der Waals surface area (Å²) >= 11 is 0. The lowest BCUT2D eigenvalue weighted by atomic mass is 9.88. The second-order valence-electron chi connectivity index (χ2n) is 16.6. The first-order chi connectivity index (χ1) is 31.0. The van der Waals surface area contributed by atoms with Crippen molar-refractivity contribution in [1.82, 2.24) is 0 Å². The van der Waals surface area contributed by atoms with Gasteiger partial charge in [-0.1, -0.05) is 170 Å². The first kappa shape index (κ1) is 38.0. The van der Waals surface area contributed by atoms with Gasteiger partial charge in [-0.2, -0.15) is 0 Å². The number of furan rings is 1. The molecule has 0 amide bonds. The molecule has 63 heavy (non-hydrogen) atoms. The molecule has 0 aliphatic heterocycles. The summed E-state index contributed by atoms with van der Waals surface area (Å²) in [5.74, 6) is 0. The molecule has 0 saturated carbocycles. The maximum absolute atomic E-state index is 7.29. The highest BCUT2D eigenvalue weighted by Gasteiger charge is 2.21. The molecule has 298 valence electrons. The molecule has 11 aromatic rings. The second kappa shape index (κ2) is 16.1. The molecular formula is C62H44O. The maximum atomic E-state index is 7.29. The van der Waals surface area contributed by atoms with E-state index < -0.39 is 0 Å². The number of rotatable bonds is 8. The van der Waals surface area contributed by atoms with Crippen LogP contribution in [-0.4, -0.2) is 0 Å². The van der Waals surface area contributed by atoms with E-state index in [4.69, 9.17) is 4.42 Å². The number of hydrogen-bond donors (Lipinski definition) is 0. The van der Waals surface area contributed by atoms with E-state index in [1.54, 1.807) is 0 Å². The summed E-state index contributed by atoms with van der Waals surface area (Å²) in [6.07, 6.45) is 0. The highest BCUT2D eigenvalue weighted by molar-refractivity contribution is 6.15. The predicted molar refractivity (Wildman–Crippen MR) is 267 cm³/mol. The van der Waals surface area contributed by atoms with Gasteiger partial charge in [-0.05, 0) is 164 Å². The van der Waals surface area contributed by atoms with Crippen molar-refractivity contribution in [2.24, 2.45) is 0 Å². The summed E-state index contributed by atoms with van der Waals surface area (Å²) < 4.78 is 7.29. The Morgan fingerprint density at radius 1 is 0.222 bits per heavy atom. The van der Waals surface area contributed by atoms with E-state index in [0.717, 1.165) is 66.4 Å². The van der Waals surface area contributed by atoms with Gasteiger partial charge in [-0.25, -0.2) is 0 Å². The minimum Gasteiger partial charge on any atom is -0.455 e. The van der Waals surface area contributed by atoms with E-state index in [1.807, 2.05) is 0 Å². The lowest BCUT2D eigenvalue weighted by Crippen LogP contribution is -1.90. The smallest absolute Gasteiger partial charge is 0.143 e. The predicted octanol–water partition coefficient (Wildman–Crippen LogP) is 17.5. The third kappa shape index (κ3) is 7.24. The van der Waals surface area contributed by atoms with E-state index in [2.05, 4.69) is 244 Å². The quantitative estimate of drug-likeness (QED) is 0.149. The van der Waals surface area contributed by atoms with Crippen molar-refractivity contribution in [1.29, 1.82) is 0 Å². The largest absolute Gasteiger partial charge is 0.455 e. The van der Waals surface area contributed by atoms with Crippen molar-refractivity contribution < 1.29 is 4.42 Å². The molecule has 1 nitrogen and oxygen atoms in total. The molecule has 1 heteroatoms. The number of hydrogen-bond acceptors (Lipinski definition) is 1. The molecule has 0 saturated heterocycles. The van der Waals surface area contributed by atoms with Gasteiger partial charge in [0, 0.05) is 21.9 Å². The van der Waals surface area contributed by atoms with Crippen LogP contribution in [0.3, 0.4) is 0 Å². The fourth-order valence-electron chi connectivity index (χ4n) is 9.36. The summed E-state index contributed by atoms with van der Waals surface area (Å²) in [5.41, 5.74) is 22.8. The van der Waals surface area contributed by atoms with Crippen molar-refractivity contribution in [3.05, 3.63) is 242 Å². The standard InChI is InChI=1S/C62H44O/c1-41-31-57(55-29-17-15-27-53(55)51-37-47(43-19-7-3-8-20-43)35-48(38-51)44-21-9-4-10-22-44)61-59(33-41)60-34-42(2)32-58(62(60)63-61)56-30-18-16-28-54(56)52-39-49(45-23-11-5-12-24-45)36-50(40-52)46-25-13-6-14-26-46/h3-40H,1-2H3. The topological polar surface area (TPSA) is 13.1 Å². The minimum atomic E-state index is 0.896. The lowest BCUT2D eigenvalue weighted by Gasteiger charge is -2.15. The molecule has 0 unspecified atom stereocenters. The Bertz CT molecular complexity index is 3090. The Kier molecular flexibility index (Phi) is 9.71. The van der Waals surface area contributed by atoms with Gasteiger partial charge in [-0.3, -0.25) is 0 Å². The zero-order valence-electron chi connectivity index (χ0n) is 35.3. The highest BCUT2D eigenvalue weighted by Crippen LogP contribution is 2.46. The van der Waals surface area contributed by atoms with Gasteiger partial charge < -0.3 is 4.42 Å². The van der Waals surface area contributed by atoms with Crippen LogP contribution in [0.25, 0.3) is 111 Å². The number of aryl methyl sites for hydroxylation is 2. The third-order valence-electron chi connectivity index (χ3n) is 12.3. The molecule has 1 aromatic heterocycles. The first-order valence-corrected chi connectivity index (χ1v) is 21.7. The summed E-state index contributed by atoms with van der Waals surface area (Å²) in [6, 6.07) is 83.5. The van der Waals surface area contributed by atoms with E-state index >= 15 is 0 Å². The Labute approximate surface area is 369 Å². The molecule has 0 spiro atoms. The third-order valence-corrected chi connectivity index (χ3v) is 12.3. The zero-order chi connectivity index (χ0) is 42.3. The molecule has 0 radical (unpaired) electrons. The molecule has 0 N–H and O–H groups in total. The van der Waals surface area contributed by atoms with Crippen molar-refractivity contribution in [3.63, 3.8) is 0 Å². The van der Waals surface area contributed by atoms with Gasteiger partial charge >= 0.3 is 0 Å². The highest BCUT2D eigenvalue weighted by atomic mass is 16.3. The molecule has 11 rings (SSSR count). The average molecular weight is 805 g/mol. The van der Waals surface area contributed by atoms with Crippen molar-refractivity contribution in [2.45, 2.75) is 13.8 Å². The van der Waals surface area contributed by atoms with Gasteiger partial charge in [0.1, 0.15) is 11.2 Å². The number of fused-ring (bicyclic) bond motifs is 3. The van der Waals surface area contributed by atoms with Gasteiger partial charge in [0.15, 0.2) is 0 Å². The zero-order valence-corrected chi connectivity index (χ0v) is 35.3. The molecule has 0 aliphatic rings. The van der Waals surface area contributed by atoms with Crippen LogP contribution in [0.1, 0.15) is 11.1 Å². The van der Waals surface area contributed by atoms with Crippen molar-refractivity contribution >= 4 is 21.9 Å². The Balaban J connectivity index is 1.11. The van der Waals surface area contributed by atoms with Crippen LogP contribution < -0.4 is 0 Å². The summed E-state index contributed by atoms with van der Waals surface area (Å²) in [5, 5.41) is 2.25. The van der Waals surface area contributed by atoms with Crippen LogP contribution in [-0.2, 0) is 0 Å². The molecule has 0 fully saturated rings. The minimum absolute atomic E-state index is 0.896. The maximum Gasteiger partial charge on any atom is 0.143 e. The number of benzene rings is 10. The average Bonchev–Trinajstić information content (AvgIpc) is 3.72. The molecule has 0 aliphatic carbocycles. The first-order valence-electron chi connectivity index (χ1n) is 21.7. The van der Waals surface area contributed by atoms with Crippen LogP contribution in [0, 0.1) is 13.8 Å². The van der Waals surface area contributed by atoms with E-state index in [9.17, 15) is 0 Å². The SMILES string of the molecule is Cc1cc(-c2ccccc2-c2cc(-c3ccccc3)cc(-c3ccccc3)c2)c2oc3c(-c4ccccc4-c4cc(-c5ccccc5)cc(-c5ccccc5)c4)cc(C)cc3c2c1. The molecule has 0 bridgehead atoms. The van der Waals surface area contributed by atoms with Gasteiger partial charge in [0.25, 0.3) is 0 Å². The molecular weight excluding hydrogens is 761 g/mol. The summed E-state index contributed by atoms with van der Waals surface area (Å²) in [4.78, 5) is 0. The van der Waals surface area contributed by atoms with Crippen LogP contribution >= 0.6 is 0 Å². The fraction of sp³-hybridized carbons (Fsp3) is 0.0323. The molecule has 1 heterocycles. The monoisotopic (exact) mass is 804 g/mol. The van der Waals surface area contributed by atoms with Gasteiger partial charge in [0.05, 0.1) is 0 Å². The molecule has 10 aromatic carbocycles. The second-order valence-corrected chi connectivity index (χ2v) is 16.6. The van der Waals surface area contributed by atoms with Crippen molar-refractivity contribution in [3.8, 4) is 89.0 Å². The van der Waals surface area contributed by atoms with E-state index in [0.29, 0.717) is 0 Å². The summed E-state index contributed by atoms with van der Waals surface area (Å²) in [7, 11) is 0.